The summed E-state index contributed by atoms with van der Waals surface area (Å²) >= 11 is 0. The van der Waals surface area contributed by atoms with Crippen LogP contribution < -0.4 is 0 Å². The van der Waals surface area contributed by atoms with Crippen molar-refractivity contribution in [2.24, 2.45) is 0 Å². The van der Waals surface area contributed by atoms with E-state index in [0.29, 0.717) is 0 Å². The molecule has 6 heteroatoms. The highest BCUT2D eigenvalue weighted by atomic mass is 13.0. The lowest BCUT2D eigenvalue weighted by atomic mass is 9.40. The first-order valence-corrected chi connectivity index (χ1v) is 11.0. The van der Waals surface area contributed by atoms with Gasteiger partial charge in [-0.1, -0.05) is 198 Å². The van der Waals surface area contributed by atoms with Gasteiger partial charge in [0.1, 0.15) is 0 Å². The molecule has 0 unspecified atom stereocenters. The molecule has 0 aliphatic rings. The Balaban J connectivity index is -0.00000000257. The smallest absolute Gasteiger partial charge is 0 e. The van der Waals surface area contributed by atoms with Gasteiger partial charge in [0.25, 0.3) is 0 Å². The number of hydrogen-bond donors (Lipinski definition) is 0. The van der Waals surface area contributed by atoms with Gasteiger partial charge in [-0.05, 0) is 0 Å². The van der Waals surface area contributed by atoms with E-state index in [1.165, 1.54) is 0 Å². The molecule has 0 saturated heterocycles. The average Bonchev–Trinajstić information content (AvgIpc) is 2.83. The standard InChI is InChI=1S/10C2H6.8CH4.B3.B2.B.H2/c10*1-2;;;;;;;;;1-3-2;1-2;;/h10*1-2H3;8*1H4;;;;1H/i;;;;;;;;;;;;;;;;;;;;;1+2. The van der Waals surface area contributed by atoms with Gasteiger partial charge in [-0.25, -0.2) is 0 Å². The van der Waals surface area contributed by atoms with Crippen molar-refractivity contribution in [3.63, 3.8) is 0 Å². The van der Waals surface area contributed by atoms with Crippen LogP contribution in [0.2, 0.25) is 0 Å². The topological polar surface area (TPSA) is 0 Å². The molecule has 0 bridgehead atoms. The van der Waals surface area contributed by atoms with Crippen LogP contribution in [0, 0.1) is 0 Å². The fraction of sp³-hybridized carbons (Fsp3) is 1.00. The van der Waals surface area contributed by atoms with Crippen LogP contribution in [-0.2, 0) is 0 Å². The van der Waals surface area contributed by atoms with Crippen LogP contribution in [0.1, 0.15) is 199 Å². The molecule has 224 valence electrons. The lowest BCUT2D eigenvalue weighted by Gasteiger charge is -1.41. The van der Waals surface area contributed by atoms with Crippen molar-refractivity contribution in [3.05, 3.63) is 0 Å². The number of rotatable bonds is 0. The predicted octanol–water partition coefficient (Wildman–Crippen LogP) is 13.3. The molecule has 0 fully saturated rings. The summed E-state index contributed by atoms with van der Waals surface area (Å²) in [6.45, 7) is 40.0. The monoisotopic (exact) mass is 499 g/mol. The highest BCUT2D eigenvalue weighted by molar-refractivity contribution is 7.17. The molecule has 0 aromatic carbocycles. The lowest BCUT2D eigenvalue weighted by Crippen LogP contribution is -1.79. The van der Waals surface area contributed by atoms with E-state index < -0.39 is 0 Å². The second-order valence-corrected chi connectivity index (χ2v) is 0.192. The minimum absolute atomic E-state index is 0. The van der Waals surface area contributed by atoms with Crippen molar-refractivity contribution in [2.45, 2.75) is 198 Å². The third-order valence-electron chi connectivity index (χ3n) is 0. The van der Waals surface area contributed by atoms with E-state index in [0.717, 1.165) is 7.06 Å². The third-order valence-corrected chi connectivity index (χ3v) is 0. The molecule has 0 aromatic heterocycles. The Hall–Kier alpha value is 0.390. The fourth-order valence-corrected chi connectivity index (χ4v) is 0. The largest absolute Gasteiger partial charge is 0.0776 e. The molecule has 0 atom stereocenters. The molecule has 0 nitrogen and oxygen atoms in total. The van der Waals surface area contributed by atoms with Gasteiger partial charge in [-0.3, -0.25) is 0 Å². The maximum Gasteiger partial charge on any atom is 0 e. The fourth-order valence-electron chi connectivity index (χ4n) is 0. The Morgan fingerprint density at radius 1 is 0.294 bits per heavy atom. The second-order valence-electron chi connectivity index (χ2n) is 0.192. The van der Waals surface area contributed by atoms with E-state index >= 15 is 0 Å². The van der Waals surface area contributed by atoms with Crippen LogP contribution in [0.4, 0.5) is 0 Å². The van der Waals surface area contributed by atoms with Crippen LogP contribution in [0.5, 0.6) is 0 Å². The van der Waals surface area contributed by atoms with Crippen LogP contribution in [-0.4, -0.2) is 46.4 Å². The first-order valence-electron chi connectivity index (χ1n) is 11.0. The average molecular weight is 498 g/mol. The zero-order chi connectivity index (χ0) is 24.7. The van der Waals surface area contributed by atoms with E-state index in [1.54, 1.807) is 0 Å². The lowest BCUT2D eigenvalue weighted by molar-refractivity contribution is 1.50. The summed E-state index contributed by atoms with van der Waals surface area (Å²) in [5.74, 6) is 0. The van der Waals surface area contributed by atoms with E-state index in [1.807, 2.05) is 138 Å². The summed E-state index contributed by atoms with van der Waals surface area (Å²) in [6.07, 6.45) is 0. The normalized spacial score (nSPS) is 2.24. The molecular weight excluding hydrogens is 401 g/mol. The minimum atomic E-state index is 0. The molecule has 12 radical (unpaired) electrons. The Labute approximate surface area is 245 Å². The van der Waals surface area contributed by atoms with Gasteiger partial charge in [0.05, 0.1) is 0 Å². The molecule has 34 heavy (non-hydrogen) atoms. The van der Waals surface area contributed by atoms with Gasteiger partial charge >= 0.3 is 0 Å². The molecular formula is C28H94B6. The van der Waals surface area contributed by atoms with Crippen molar-refractivity contribution < 1.29 is 1.43 Å². The van der Waals surface area contributed by atoms with Gasteiger partial charge in [0.2, 0.25) is 0 Å². The summed E-state index contributed by atoms with van der Waals surface area (Å²) in [6, 6.07) is 0. The SMILES string of the molecule is C.C.C.C.C.C.C.C.CC.CC.CC.CC.CC.CC.CC.CC.CC.CC.[3HH].[B].[B][B].[B][B][B]. The second kappa shape index (κ2) is 18100. The molecule has 0 N–H and O–H groups in total. The molecule has 0 heterocycles. The van der Waals surface area contributed by atoms with Gasteiger partial charge < -0.3 is 0 Å². The minimum Gasteiger partial charge on any atom is -0.0776 e. The van der Waals surface area contributed by atoms with Crippen molar-refractivity contribution in [1.29, 1.82) is 0 Å². The molecule has 0 aromatic rings. The first kappa shape index (κ1) is 214. The van der Waals surface area contributed by atoms with Gasteiger partial charge in [-0.2, -0.15) is 0 Å². The maximum absolute atomic E-state index is 4.50. The van der Waals surface area contributed by atoms with Crippen molar-refractivity contribution in [1.82, 2.24) is 0 Å². The van der Waals surface area contributed by atoms with Crippen molar-refractivity contribution in [2.75, 3.05) is 0 Å². The molecule has 0 aliphatic carbocycles. The van der Waals surface area contributed by atoms with Crippen LogP contribution in [0.15, 0.2) is 0 Å². The third kappa shape index (κ3) is 210000. The summed E-state index contributed by atoms with van der Waals surface area (Å²) in [7, 11) is 18.0. The summed E-state index contributed by atoms with van der Waals surface area (Å²) in [5.41, 5.74) is 0. The molecule has 0 amide bonds. The van der Waals surface area contributed by atoms with E-state index in [9.17, 15) is 0 Å². The van der Waals surface area contributed by atoms with Crippen LogP contribution >= 0.6 is 0 Å². The van der Waals surface area contributed by atoms with E-state index in [-0.39, 0.29) is 69.3 Å². The molecule has 0 rings (SSSR count). The van der Waals surface area contributed by atoms with Gasteiger partial charge in [-0.15, -0.1) is 0 Å². The summed E-state index contributed by atoms with van der Waals surface area (Å²) < 4.78 is 0. The summed E-state index contributed by atoms with van der Waals surface area (Å²) in [5, 5.41) is 0. The van der Waals surface area contributed by atoms with Crippen LogP contribution in [0.25, 0.3) is 0 Å². The highest BCUT2D eigenvalue weighted by Crippen LogP contribution is 1.16. The Morgan fingerprint density at radius 2 is 0.294 bits per heavy atom. The molecule has 0 aliphatic heterocycles. The predicted molar refractivity (Wildman–Crippen MR) is 204 cm³/mol. The van der Waals surface area contributed by atoms with Gasteiger partial charge in [0.15, 0.2) is 0 Å². The summed E-state index contributed by atoms with van der Waals surface area (Å²) in [4.78, 5) is 0. The van der Waals surface area contributed by atoms with Crippen molar-refractivity contribution in [3.8, 4) is 0 Å². The number of hydrogen-bond acceptors (Lipinski definition) is 0. The highest BCUT2D eigenvalue weighted by Gasteiger charge is 1.41. The Bertz CT molecular complexity index is 29.4. The maximum atomic E-state index is 4.50. The molecule has 0 spiro atoms. The van der Waals surface area contributed by atoms with E-state index in [4.69, 9.17) is 0 Å². The zero-order valence-corrected chi connectivity index (χ0v) is 23.5. The van der Waals surface area contributed by atoms with Gasteiger partial charge in [0, 0.05) is 47.8 Å². The quantitative estimate of drug-likeness (QED) is 0.292. The first-order chi connectivity index (χ1) is 12.4. The van der Waals surface area contributed by atoms with Crippen molar-refractivity contribution >= 4 is 46.4 Å². The Kier molecular flexibility index (Phi) is 114000. The van der Waals surface area contributed by atoms with E-state index in [2.05, 4.69) is 30.9 Å². The molecule has 0 saturated carbocycles. The Morgan fingerprint density at radius 3 is 0.294 bits per heavy atom. The van der Waals surface area contributed by atoms with Crippen LogP contribution in [0.3, 0.4) is 0 Å². The zero-order valence-electron chi connectivity index (χ0n) is 23.5.